The highest BCUT2D eigenvalue weighted by Crippen LogP contribution is 2.34. The summed E-state index contributed by atoms with van der Waals surface area (Å²) >= 11 is 0. The lowest BCUT2D eigenvalue weighted by molar-refractivity contribution is -0.137. The first-order chi connectivity index (χ1) is 19.7. The molecular formula is C28H25F3N4O6S. The molecule has 0 aliphatic heterocycles. The van der Waals surface area contributed by atoms with E-state index in [4.69, 9.17) is 9.47 Å². The summed E-state index contributed by atoms with van der Waals surface area (Å²) in [5.41, 5.74) is -1.10. The number of hydrogen-bond acceptors (Lipinski definition) is 8. The van der Waals surface area contributed by atoms with Crippen molar-refractivity contribution < 1.29 is 35.9 Å². The van der Waals surface area contributed by atoms with Crippen LogP contribution in [0.1, 0.15) is 27.2 Å². The van der Waals surface area contributed by atoms with Crippen LogP contribution in [-0.4, -0.2) is 49.3 Å². The topological polar surface area (TPSA) is 129 Å². The Hall–Kier alpha value is -4.72. The third-order valence-electron chi connectivity index (χ3n) is 6.33. The molecule has 2 aromatic carbocycles. The maximum atomic E-state index is 13.7. The van der Waals surface area contributed by atoms with Gasteiger partial charge in [0.2, 0.25) is 5.88 Å². The summed E-state index contributed by atoms with van der Waals surface area (Å²) in [5.74, 6) is -0.779. The molecule has 0 unspecified atom stereocenters. The van der Waals surface area contributed by atoms with E-state index in [-0.39, 0.29) is 51.4 Å². The predicted molar refractivity (Wildman–Crippen MR) is 147 cm³/mol. The molecule has 10 nitrogen and oxygen atoms in total. The minimum atomic E-state index is -4.68. The summed E-state index contributed by atoms with van der Waals surface area (Å²) < 4.78 is 75.4. The van der Waals surface area contributed by atoms with Crippen LogP contribution in [0.2, 0.25) is 0 Å². The Morgan fingerprint density at radius 1 is 1.02 bits per heavy atom. The van der Waals surface area contributed by atoms with E-state index in [2.05, 4.69) is 15.3 Å². The number of carbonyl (C=O) groups is 1. The second-order valence-corrected chi connectivity index (χ2v) is 11.1. The number of amides is 1. The fraction of sp³-hybridized carbons (Fsp3) is 0.214. The van der Waals surface area contributed by atoms with Crippen LogP contribution in [0.15, 0.2) is 70.5 Å². The number of aromatic nitrogens is 3. The molecule has 42 heavy (non-hydrogen) atoms. The number of nitrogens with one attached hydrogen (secondary N) is 1. The molecule has 14 heteroatoms. The second kappa shape index (κ2) is 11.6. The Kier molecular flexibility index (Phi) is 8.38. The van der Waals surface area contributed by atoms with Crippen molar-refractivity contribution in [2.45, 2.75) is 24.5 Å². The molecular weight excluding hydrogens is 577 g/mol. The van der Waals surface area contributed by atoms with E-state index < -0.39 is 33.0 Å². The van der Waals surface area contributed by atoms with Gasteiger partial charge in [0.25, 0.3) is 11.5 Å². The van der Waals surface area contributed by atoms with Crippen LogP contribution >= 0.6 is 0 Å². The molecule has 0 aliphatic carbocycles. The Labute approximate surface area is 238 Å². The average molecular weight is 603 g/mol. The van der Waals surface area contributed by atoms with E-state index >= 15 is 0 Å². The number of methoxy groups -OCH3 is 2. The normalized spacial score (nSPS) is 11.7. The molecule has 1 amide bonds. The highest BCUT2D eigenvalue weighted by Gasteiger charge is 2.31. The summed E-state index contributed by atoms with van der Waals surface area (Å²) in [4.78, 5) is 35.3. The lowest BCUT2D eigenvalue weighted by atomic mass is 10.0. The van der Waals surface area contributed by atoms with Gasteiger partial charge in [-0.3, -0.25) is 14.2 Å². The Bertz CT molecular complexity index is 1820. The molecule has 220 valence electrons. The van der Waals surface area contributed by atoms with E-state index in [0.29, 0.717) is 5.56 Å². The molecule has 0 atom stereocenters. The number of carbonyl (C=O) groups excluding carboxylic acids is 1. The molecule has 1 N–H and O–H groups in total. The first kappa shape index (κ1) is 30.2. The number of rotatable bonds is 8. The van der Waals surface area contributed by atoms with Crippen molar-refractivity contribution in [1.29, 1.82) is 0 Å². The molecule has 0 aliphatic rings. The Morgan fingerprint density at radius 2 is 1.71 bits per heavy atom. The number of ether oxygens (including phenoxy) is 2. The molecule has 0 bridgehead atoms. The standard InChI is InChI=1S/C28H25F3N4O6S/c1-16-21(23-15-33-27(41-3)34-25(23)40-2)13-22(24(36)32-14-17-8-10-20(11-9-17)42(4,38)39)26(37)35(16)19-7-5-6-18(12-19)28(29,30)31/h5-13,15H,14H2,1-4H3,(H,32,36). The average Bonchev–Trinajstić information content (AvgIpc) is 2.95. The lowest BCUT2D eigenvalue weighted by Gasteiger charge is -2.19. The van der Waals surface area contributed by atoms with Crippen LogP contribution in [0, 0.1) is 6.92 Å². The van der Waals surface area contributed by atoms with Gasteiger partial charge in [-0.15, -0.1) is 0 Å². The molecule has 0 fully saturated rings. The number of alkyl halides is 3. The van der Waals surface area contributed by atoms with Gasteiger partial charge in [-0.25, -0.2) is 13.4 Å². The molecule has 0 spiro atoms. The quantitative estimate of drug-likeness (QED) is 0.321. The van der Waals surface area contributed by atoms with Crippen molar-refractivity contribution in [3.8, 4) is 28.7 Å². The summed E-state index contributed by atoms with van der Waals surface area (Å²) in [6.07, 6.45) is -2.26. The van der Waals surface area contributed by atoms with Gasteiger partial charge in [0.1, 0.15) is 5.56 Å². The van der Waals surface area contributed by atoms with E-state index in [9.17, 15) is 31.2 Å². The lowest BCUT2D eigenvalue weighted by Crippen LogP contribution is -2.33. The van der Waals surface area contributed by atoms with Crippen molar-refractivity contribution >= 4 is 15.7 Å². The number of pyridine rings is 1. The van der Waals surface area contributed by atoms with Crippen LogP contribution in [-0.2, 0) is 22.6 Å². The van der Waals surface area contributed by atoms with Gasteiger partial charge in [0.05, 0.1) is 30.2 Å². The van der Waals surface area contributed by atoms with E-state index in [0.717, 1.165) is 29.0 Å². The minimum absolute atomic E-state index is 0.0145. The van der Waals surface area contributed by atoms with Gasteiger partial charge in [-0.05, 0) is 48.9 Å². The molecule has 2 aromatic heterocycles. The number of nitrogens with zero attached hydrogens (tertiary/aromatic N) is 3. The minimum Gasteiger partial charge on any atom is -0.480 e. The maximum absolute atomic E-state index is 13.7. The van der Waals surface area contributed by atoms with E-state index in [1.165, 1.54) is 63.7 Å². The molecule has 0 saturated heterocycles. The highest BCUT2D eigenvalue weighted by atomic mass is 32.2. The summed E-state index contributed by atoms with van der Waals surface area (Å²) in [6.45, 7) is 1.44. The smallest absolute Gasteiger partial charge is 0.416 e. The van der Waals surface area contributed by atoms with Gasteiger partial charge in [0, 0.05) is 35.9 Å². The molecule has 4 aromatic rings. The maximum Gasteiger partial charge on any atom is 0.416 e. The molecule has 0 saturated carbocycles. The van der Waals surface area contributed by atoms with Crippen molar-refractivity contribution in [3.63, 3.8) is 0 Å². The largest absolute Gasteiger partial charge is 0.480 e. The van der Waals surface area contributed by atoms with Crippen molar-refractivity contribution in [2.75, 3.05) is 20.5 Å². The fourth-order valence-corrected chi connectivity index (χ4v) is 4.82. The summed E-state index contributed by atoms with van der Waals surface area (Å²) in [5, 5.41) is 2.61. The van der Waals surface area contributed by atoms with Gasteiger partial charge in [0.15, 0.2) is 9.84 Å². The van der Waals surface area contributed by atoms with E-state index in [1.54, 1.807) is 0 Å². The Balaban J connectivity index is 1.85. The molecule has 4 rings (SSSR count). The monoisotopic (exact) mass is 602 g/mol. The first-order valence-corrected chi connectivity index (χ1v) is 14.1. The van der Waals surface area contributed by atoms with Crippen LogP contribution < -0.4 is 20.3 Å². The SMILES string of the molecule is COc1ncc(-c2cc(C(=O)NCc3ccc(S(C)(=O)=O)cc3)c(=O)n(-c3cccc(C(F)(F)F)c3)c2C)c(OC)n1. The second-order valence-electron chi connectivity index (χ2n) is 9.12. The highest BCUT2D eigenvalue weighted by molar-refractivity contribution is 7.90. The van der Waals surface area contributed by atoms with Gasteiger partial charge < -0.3 is 14.8 Å². The number of benzene rings is 2. The predicted octanol–water partition coefficient (Wildman–Crippen LogP) is 3.97. The summed E-state index contributed by atoms with van der Waals surface area (Å²) in [7, 11) is -0.727. The zero-order valence-electron chi connectivity index (χ0n) is 22.8. The Morgan fingerprint density at radius 3 is 2.31 bits per heavy atom. The zero-order valence-corrected chi connectivity index (χ0v) is 23.6. The molecule has 0 radical (unpaired) electrons. The third-order valence-corrected chi connectivity index (χ3v) is 7.45. The van der Waals surface area contributed by atoms with Crippen LogP contribution in [0.4, 0.5) is 13.2 Å². The fourth-order valence-electron chi connectivity index (χ4n) is 4.19. The van der Waals surface area contributed by atoms with Gasteiger partial charge >= 0.3 is 12.2 Å². The van der Waals surface area contributed by atoms with E-state index in [1.807, 2.05) is 0 Å². The van der Waals surface area contributed by atoms with Crippen molar-refractivity contribution in [1.82, 2.24) is 19.9 Å². The zero-order chi connectivity index (χ0) is 30.8. The number of sulfone groups is 1. The van der Waals surface area contributed by atoms with Crippen molar-refractivity contribution in [3.05, 3.63) is 93.5 Å². The number of hydrogen-bond donors (Lipinski definition) is 1. The van der Waals surface area contributed by atoms with Crippen molar-refractivity contribution in [2.24, 2.45) is 0 Å². The van der Waals surface area contributed by atoms with Gasteiger partial charge in [-0.1, -0.05) is 18.2 Å². The first-order valence-electron chi connectivity index (χ1n) is 12.2. The van der Waals surface area contributed by atoms with Gasteiger partial charge in [-0.2, -0.15) is 18.2 Å². The van der Waals surface area contributed by atoms with Crippen LogP contribution in [0.5, 0.6) is 11.9 Å². The third kappa shape index (κ3) is 6.28. The van der Waals surface area contributed by atoms with Crippen LogP contribution in [0.3, 0.4) is 0 Å². The summed E-state index contributed by atoms with van der Waals surface area (Å²) in [6, 6.07) is 11.2. The number of halogens is 3. The van der Waals surface area contributed by atoms with Crippen LogP contribution in [0.25, 0.3) is 16.8 Å². The molecule has 2 heterocycles.